The molecule has 0 amide bonds. The maximum Gasteiger partial charge on any atom is 0.00921 e. The van der Waals surface area contributed by atoms with Crippen LogP contribution in [0.5, 0.6) is 0 Å². The molecule has 0 spiro atoms. The normalized spacial score (nSPS) is 13.6. The van der Waals surface area contributed by atoms with Gasteiger partial charge in [0.25, 0.3) is 0 Å². The summed E-state index contributed by atoms with van der Waals surface area (Å²) in [7, 11) is 1.07. The van der Waals surface area contributed by atoms with E-state index in [0.29, 0.717) is 17.2 Å². The van der Waals surface area contributed by atoms with Crippen LogP contribution >= 0.6 is 17.2 Å². The van der Waals surface area contributed by atoms with Crippen LogP contribution in [0.4, 0.5) is 0 Å². The lowest BCUT2D eigenvalue weighted by Gasteiger charge is -2.33. The number of unbranched alkanes of at least 4 members (excludes halogenated alkanes) is 5. The van der Waals surface area contributed by atoms with Gasteiger partial charge in [-0.3, -0.25) is 0 Å². The molecule has 48 heavy (non-hydrogen) atoms. The van der Waals surface area contributed by atoms with Crippen molar-refractivity contribution < 1.29 is 0 Å². The number of hydrogen-bond acceptors (Lipinski definition) is 0. The summed E-state index contributed by atoms with van der Waals surface area (Å²) in [4.78, 5) is 0. The molecule has 0 N–H and O–H groups in total. The average Bonchev–Trinajstić information content (AvgIpc) is 2.89. The third-order valence-corrected chi connectivity index (χ3v) is 11.3. The van der Waals surface area contributed by atoms with E-state index in [1.54, 1.807) is 0 Å². The maximum atomic E-state index is 3.62. The van der Waals surface area contributed by atoms with Crippen molar-refractivity contribution in [3.8, 4) is 23.2 Å². The fraction of sp³-hybridized carbons (Fsp3) is 0.652. The van der Waals surface area contributed by atoms with Gasteiger partial charge in [0.15, 0.2) is 0 Å². The van der Waals surface area contributed by atoms with Crippen molar-refractivity contribution in [3.05, 3.63) is 57.6 Å². The minimum absolute atomic E-state index is 0.0926. The summed E-state index contributed by atoms with van der Waals surface area (Å²) < 4.78 is 0. The molecular weight excluding hydrogens is 614 g/mol. The van der Waals surface area contributed by atoms with Crippen LogP contribution < -0.4 is 10.6 Å². The molecule has 2 rings (SSSR count). The maximum absolute atomic E-state index is 3.62. The first-order valence-corrected chi connectivity index (χ1v) is 20.5. The van der Waals surface area contributed by atoms with Crippen LogP contribution in [-0.4, -0.2) is 0 Å². The molecule has 0 aliphatic heterocycles. The van der Waals surface area contributed by atoms with Crippen molar-refractivity contribution in [1.82, 2.24) is 0 Å². The smallest absolute Gasteiger partial charge is 0.00921 e. The molecule has 0 fully saturated rings. The first kappa shape index (κ1) is 42.6. The van der Waals surface area contributed by atoms with Gasteiger partial charge in [-0.15, -0.1) is 0 Å². The Balaban J connectivity index is 2.03. The molecule has 2 aromatic rings. The van der Waals surface area contributed by atoms with E-state index in [2.05, 4.69) is 172 Å². The van der Waals surface area contributed by atoms with Crippen molar-refractivity contribution >= 4 is 27.8 Å². The zero-order valence-electron chi connectivity index (χ0n) is 34.6. The van der Waals surface area contributed by atoms with Crippen LogP contribution in [0.2, 0.25) is 0 Å². The minimum atomic E-state index is 0.0926. The SMILES string of the molecule is CC(C)(C)c1cc(C(C)(C)C)c(PC#CCCCCCCC#CPc2c(C(C)(C)C)cc(C(C)(C)C)cc2C(C)(C)C)c(C(C)(C)C)c1. The zero-order valence-corrected chi connectivity index (χ0v) is 36.6. The Labute approximate surface area is 303 Å². The van der Waals surface area contributed by atoms with E-state index >= 15 is 0 Å². The second-order valence-electron chi connectivity index (χ2n) is 20.2. The van der Waals surface area contributed by atoms with Crippen LogP contribution in [0.1, 0.15) is 197 Å². The summed E-state index contributed by atoms with van der Waals surface area (Å²) in [6, 6.07) is 9.88. The van der Waals surface area contributed by atoms with Gasteiger partial charge in [0, 0.05) is 12.8 Å². The van der Waals surface area contributed by atoms with Gasteiger partial charge < -0.3 is 0 Å². The lowest BCUT2D eigenvalue weighted by Crippen LogP contribution is -2.30. The topological polar surface area (TPSA) is 0 Å². The van der Waals surface area contributed by atoms with Crippen LogP contribution in [-0.2, 0) is 32.5 Å². The van der Waals surface area contributed by atoms with Crippen molar-refractivity contribution in [2.75, 3.05) is 0 Å². The van der Waals surface area contributed by atoms with Crippen LogP contribution in [0, 0.1) is 23.2 Å². The summed E-state index contributed by atoms with van der Waals surface area (Å²) in [5.41, 5.74) is 16.6. The first-order chi connectivity index (χ1) is 21.6. The Morgan fingerprint density at radius 1 is 0.375 bits per heavy atom. The monoisotopic (exact) mass is 687 g/mol. The Kier molecular flexibility index (Phi) is 14.4. The molecule has 0 aromatic heterocycles. The standard InChI is InChI=1S/C46H72P2/c1-41(2,3)33-29-35(43(7,8)9)39(36(30-33)44(10,11)12)47-27-25-23-21-19-20-22-24-26-28-48-40-37(45(13,14)15)31-34(42(4,5)6)32-38(40)46(16,17)18/h29-32,47-48H,19-24H2,1-18H3. The molecule has 266 valence electrons. The zero-order chi connectivity index (χ0) is 36.9. The van der Waals surface area contributed by atoms with Gasteiger partial charge in [0.2, 0.25) is 0 Å². The van der Waals surface area contributed by atoms with Crippen molar-refractivity contribution in [2.24, 2.45) is 0 Å². The summed E-state index contributed by atoms with van der Waals surface area (Å²) in [5.74, 6) is 7.10. The van der Waals surface area contributed by atoms with Gasteiger partial charge in [-0.2, -0.15) is 0 Å². The molecule has 0 aliphatic carbocycles. The minimum Gasteiger partial charge on any atom is -0.0986 e. The molecular formula is C46H72P2. The van der Waals surface area contributed by atoms with E-state index in [4.69, 9.17) is 0 Å². The molecule has 2 atom stereocenters. The van der Waals surface area contributed by atoms with Gasteiger partial charge in [0.05, 0.1) is 0 Å². The average molecular weight is 687 g/mol. The van der Waals surface area contributed by atoms with E-state index in [-0.39, 0.29) is 32.5 Å². The predicted molar refractivity (Wildman–Crippen MR) is 224 cm³/mol. The lowest BCUT2D eigenvalue weighted by atomic mass is 9.75. The van der Waals surface area contributed by atoms with Crippen molar-refractivity contribution in [3.63, 3.8) is 0 Å². The fourth-order valence-corrected chi connectivity index (χ4v) is 8.91. The highest BCUT2D eigenvalue weighted by Crippen LogP contribution is 2.38. The predicted octanol–water partition coefficient (Wildman–Crippen LogP) is 13.0. The molecule has 0 bridgehead atoms. The summed E-state index contributed by atoms with van der Waals surface area (Å²) in [5, 5.41) is 2.95. The van der Waals surface area contributed by atoms with E-state index < -0.39 is 0 Å². The van der Waals surface area contributed by atoms with Crippen molar-refractivity contribution in [1.29, 1.82) is 0 Å². The molecule has 0 radical (unpaired) electrons. The summed E-state index contributed by atoms with van der Waals surface area (Å²) in [6.07, 6.45) is 6.81. The van der Waals surface area contributed by atoms with Gasteiger partial charge in [-0.25, -0.2) is 0 Å². The molecule has 2 aromatic carbocycles. The van der Waals surface area contributed by atoms with Crippen LogP contribution in [0.3, 0.4) is 0 Å². The van der Waals surface area contributed by atoms with Crippen molar-refractivity contribution in [2.45, 2.75) is 196 Å². The Hall–Kier alpha value is -1.58. The number of hydrogen-bond donors (Lipinski definition) is 0. The number of benzene rings is 2. The highest BCUT2D eigenvalue weighted by Gasteiger charge is 2.30. The largest absolute Gasteiger partial charge is 0.0986 e. The Morgan fingerprint density at radius 2 is 0.625 bits per heavy atom. The van der Waals surface area contributed by atoms with E-state index in [0.717, 1.165) is 12.8 Å². The Bertz CT molecular complexity index is 1320. The van der Waals surface area contributed by atoms with E-state index in [9.17, 15) is 0 Å². The fourth-order valence-electron chi connectivity index (χ4n) is 5.90. The highest BCUT2D eigenvalue weighted by atomic mass is 31.1. The molecule has 0 aliphatic rings. The second-order valence-corrected chi connectivity index (χ2v) is 22.2. The third kappa shape index (κ3) is 12.6. The number of rotatable bonds is 7. The van der Waals surface area contributed by atoms with Gasteiger partial charge >= 0.3 is 0 Å². The molecule has 0 nitrogen and oxygen atoms in total. The third-order valence-electron chi connectivity index (χ3n) is 9.15. The van der Waals surface area contributed by atoms with E-state index in [1.165, 1.54) is 69.7 Å². The summed E-state index contributed by atoms with van der Waals surface area (Å²) >= 11 is 0. The quantitative estimate of drug-likeness (QED) is 0.154. The van der Waals surface area contributed by atoms with Gasteiger partial charge in [-0.05, 0) is 106 Å². The van der Waals surface area contributed by atoms with E-state index in [1.807, 2.05) is 0 Å². The molecule has 2 heteroatoms. The highest BCUT2D eigenvalue weighted by molar-refractivity contribution is 7.53. The van der Waals surface area contributed by atoms with Gasteiger partial charge in [-0.1, -0.05) is 185 Å². The van der Waals surface area contributed by atoms with Crippen LogP contribution in [0.15, 0.2) is 24.3 Å². The molecule has 0 saturated carbocycles. The lowest BCUT2D eigenvalue weighted by molar-refractivity contribution is 0.553. The second kappa shape index (κ2) is 16.2. The van der Waals surface area contributed by atoms with Gasteiger partial charge in [0.1, 0.15) is 0 Å². The molecule has 2 unspecified atom stereocenters. The first-order valence-electron chi connectivity index (χ1n) is 18.5. The molecule has 0 heterocycles. The molecule has 0 saturated heterocycles. The van der Waals surface area contributed by atoms with Crippen LogP contribution in [0.25, 0.3) is 0 Å². The summed E-state index contributed by atoms with van der Waals surface area (Å²) in [6.45, 7) is 42.2. The Morgan fingerprint density at radius 3 is 0.833 bits per heavy atom.